The van der Waals surface area contributed by atoms with Gasteiger partial charge >= 0.3 is 0 Å². The Kier molecular flexibility index (Phi) is 5.44. The lowest BCUT2D eigenvalue weighted by atomic mass is 10.0. The lowest BCUT2D eigenvalue weighted by molar-refractivity contribution is -0.120. The van der Waals surface area contributed by atoms with Crippen LogP contribution in [0.4, 0.5) is 5.69 Å². The first kappa shape index (κ1) is 17.4. The first-order chi connectivity index (χ1) is 12.7. The predicted molar refractivity (Wildman–Crippen MR) is 102 cm³/mol. The van der Waals surface area contributed by atoms with Crippen LogP contribution in [0, 0.1) is 0 Å². The van der Waals surface area contributed by atoms with Crippen molar-refractivity contribution in [2.24, 2.45) is 0 Å². The minimum atomic E-state index is -0.330. The molecule has 0 aliphatic rings. The van der Waals surface area contributed by atoms with Gasteiger partial charge in [0.15, 0.2) is 0 Å². The standard InChI is InChI=1S/C22H19NO3/c1-2-16-6-5-7-18(14-16)17-10-12-19(13-11-17)23-22(25)20-8-3-4-9-21(20)26-15-24/h3-15H,2H2,1H3,(H,23,25). The number of para-hydroxylation sites is 1. The maximum atomic E-state index is 12.4. The Hall–Kier alpha value is -3.40. The van der Waals surface area contributed by atoms with Crippen molar-refractivity contribution in [2.75, 3.05) is 5.32 Å². The van der Waals surface area contributed by atoms with Crippen LogP contribution in [-0.4, -0.2) is 12.4 Å². The number of hydrogen-bond donors (Lipinski definition) is 1. The molecule has 0 aliphatic heterocycles. The van der Waals surface area contributed by atoms with Crippen molar-refractivity contribution in [3.63, 3.8) is 0 Å². The van der Waals surface area contributed by atoms with Gasteiger partial charge < -0.3 is 10.1 Å². The molecule has 0 aromatic heterocycles. The van der Waals surface area contributed by atoms with Gasteiger partial charge in [0.25, 0.3) is 12.4 Å². The fourth-order valence-corrected chi connectivity index (χ4v) is 2.72. The molecule has 130 valence electrons. The van der Waals surface area contributed by atoms with Gasteiger partial charge in [-0.2, -0.15) is 0 Å². The number of rotatable bonds is 6. The maximum Gasteiger partial charge on any atom is 0.298 e. The fourth-order valence-electron chi connectivity index (χ4n) is 2.72. The second kappa shape index (κ2) is 8.12. The third-order valence-electron chi connectivity index (χ3n) is 4.12. The van der Waals surface area contributed by atoms with Crippen LogP contribution < -0.4 is 10.1 Å². The van der Waals surface area contributed by atoms with Gasteiger partial charge in [-0.3, -0.25) is 9.59 Å². The monoisotopic (exact) mass is 345 g/mol. The molecule has 0 unspecified atom stereocenters. The molecule has 0 spiro atoms. The number of ether oxygens (including phenoxy) is 1. The number of carbonyl (C=O) groups excluding carboxylic acids is 2. The summed E-state index contributed by atoms with van der Waals surface area (Å²) in [6.45, 7) is 2.44. The molecule has 26 heavy (non-hydrogen) atoms. The van der Waals surface area contributed by atoms with E-state index in [4.69, 9.17) is 4.74 Å². The van der Waals surface area contributed by atoms with Gasteiger partial charge in [0.2, 0.25) is 0 Å². The van der Waals surface area contributed by atoms with Gasteiger partial charge in [-0.05, 0) is 47.4 Å². The summed E-state index contributed by atoms with van der Waals surface area (Å²) in [5.74, 6) is -0.101. The first-order valence-corrected chi connectivity index (χ1v) is 8.41. The predicted octanol–water partition coefficient (Wildman–Crippen LogP) is 4.70. The highest BCUT2D eigenvalue weighted by Crippen LogP contribution is 2.24. The van der Waals surface area contributed by atoms with Gasteiger partial charge in [0.05, 0.1) is 5.56 Å². The van der Waals surface area contributed by atoms with E-state index >= 15 is 0 Å². The smallest absolute Gasteiger partial charge is 0.298 e. The summed E-state index contributed by atoms with van der Waals surface area (Å²) >= 11 is 0. The van der Waals surface area contributed by atoms with E-state index in [0.29, 0.717) is 17.7 Å². The summed E-state index contributed by atoms with van der Waals surface area (Å²) in [4.78, 5) is 23.0. The molecule has 3 rings (SSSR count). The number of carbonyl (C=O) groups is 2. The molecular formula is C22H19NO3. The van der Waals surface area contributed by atoms with Crippen molar-refractivity contribution in [3.8, 4) is 16.9 Å². The van der Waals surface area contributed by atoms with E-state index in [1.807, 2.05) is 30.3 Å². The van der Waals surface area contributed by atoms with Crippen molar-refractivity contribution in [2.45, 2.75) is 13.3 Å². The van der Waals surface area contributed by atoms with Crippen LogP contribution in [0.5, 0.6) is 5.75 Å². The Morgan fingerprint density at radius 2 is 1.73 bits per heavy atom. The molecule has 0 atom stereocenters. The van der Waals surface area contributed by atoms with Gasteiger partial charge in [-0.25, -0.2) is 0 Å². The third kappa shape index (κ3) is 3.98. The minimum Gasteiger partial charge on any atom is -0.428 e. The summed E-state index contributed by atoms with van der Waals surface area (Å²) in [7, 11) is 0. The van der Waals surface area contributed by atoms with E-state index in [1.54, 1.807) is 24.3 Å². The van der Waals surface area contributed by atoms with Crippen molar-refractivity contribution < 1.29 is 14.3 Å². The molecule has 1 amide bonds. The van der Waals surface area contributed by atoms with E-state index < -0.39 is 0 Å². The Morgan fingerprint density at radius 3 is 2.46 bits per heavy atom. The molecule has 0 fully saturated rings. The highest BCUT2D eigenvalue weighted by Gasteiger charge is 2.12. The average Bonchev–Trinajstić information content (AvgIpc) is 2.69. The topological polar surface area (TPSA) is 55.4 Å². The van der Waals surface area contributed by atoms with E-state index in [0.717, 1.165) is 17.5 Å². The Bertz CT molecular complexity index is 917. The Labute approximate surface area is 152 Å². The van der Waals surface area contributed by atoms with Crippen LogP contribution >= 0.6 is 0 Å². The van der Waals surface area contributed by atoms with Gasteiger partial charge in [-0.1, -0.05) is 55.5 Å². The minimum absolute atomic E-state index is 0.230. The van der Waals surface area contributed by atoms with E-state index in [1.165, 1.54) is 5.56 Å². The molecule has 4 heteroatoms. The fraction of sp³-hybridized carbons (Fsp3) is 0.0909. The maximum absolute atomic E-state index is 12.4. The molecular weight excluding hydrogens is 326 g/mol. The number of nitrogens with one attached hydrogen (secondary N) is 1. The number of aryl methyl sites for hydroxylation is 1. The van der Waals surface area contributed by atoms with E-state index in [2.05, 4.69) is 30.4 Å². The zero-order chi connectivity index (χ0) is 18.4. The van der Waals surface area contributed by atoms with E-state index in [9.17, 15) is 9.59 Å². The number of anilines is 1. The lowest BCUT2D eigenvalue weighted by Gasteiger charge is -2.09. The highest BCUT2D eigenvalue weighted by atomic mass is 16.5. The molecule has 4 nitrogen and oxygen atoms in total. The normalized spacial score (nSPS) is 10.2. The molecule has 0 heterocycles. The van der Waals surface area contributed by atoms with Crippen molar-refractivity contribution in [1.82, 2.24) is 0 Å². The van der Waals surface area contributed by atoms with Crippen molar-refractivity contribution in [1.29, 1.82) is 0 Å². The molecule has 0 bridgehead atoms. The molecule has 0 aliphatic carbocycles. The largest absolute Gasteiger partial charge is 0.428 e. The summed E-state index contributed by atoms with van der Waals surface area (Å²) < 4.78 is 4.85. The van der Waals surface area contributed by atoms with Crippen molar-refractivity contribution >= 4 is 18.1 Å². The average molecular weight is 345 g/mol. The van der Waals surface area contributed by atoms with Gasteiger partial charge in [0.1, 0.15) is 5.75 Å². The highest BCUT2D eigenvalue weighted by molar-refractivity contribution is 6.06. The molecule has 3 aromatic rings. The first-order valence-electron chi connectivity index (χ1n) is 8.41. The number of hydrogen-bond acceptors (Lipinski definition) is 3. The zero-order valence-electron chi connectivity index (χ0n) is 14.4. The summed E-state index contributed by atoms with van der Waals surface area (Å²) in [5.41, 5.74) is 4.49. The van der Waals surface area contributed by atoms with Crippen LogP contribution in [0.2, 0.25) is 0 Å². The van der Waals surface area contributed by atoms with Gasteiger partial charge in [-0.15, -0.1) is 0 Å². The quantitative estimate of drug-likeness (QED) is 0.659. The summed E-state index contributed by atoms with van der Waals surface area (Å²) in [6.07, 6.45) is 0.990. The lowest BCUT2D eigenvalue weighted by Crippen LogP contribution is -2.13. The van der Waals surface area contributed by atoms with Crippen LogP contribution in [0.3, 0.4) is 0 Å². The molecule has 0 saturated carbocycles. The zero-order valence-corrected chi connectivity index (χ0v) is 14.4. The molecule has 3 aromatic carbocycles. The Morgan fingerprint density at radius 1 is 0.962 bits per heavy atom. The molecule has 1 N–H and O–H groups in total. The van der Waals surface area contributed by atoms with E-state index in [-0.39, 0.29) is 11.7 Å². The SMILES string of the molecule is CCc1cccc(-c2ccc(NC(=O)c3ccccc3OC=O)cc2)c1. The number of benzene rings is 3. The van der Waals surface area contributed by atoms with Crippen molar-refractivity contribution in [3.05, 3.63) is 83.9 Å². The van der Waals surface area contributed by atoms with Crippen LogP contribution in [0.25, 0.3) is 11.1 Å². The second-order valence-electron chi connectivity index (χ2n) is 5.80. The third-order valence-corrected chi connectivity index (χ3v) is 4.12. The number of amides is 1. The van der Waals surface area contributed by atoms with Crippen LogP contribution in [-0.2, 0) is 11.2 Å². The van der Waals surface area contributed by atoms with Gasteiger partial charge in [0, 0.05) is 5.69 Å². The Balaban J connectivity index is 1.77. The van der Waals surface area contributed by atoms with Crippen LogP contribution in [0.1, 0.15) is 22.8 Å². The summed E-state index contributed by atoms with van der Waals surface area (Å²) in [6, 6.07) is 22.7. The second-order valence-corrected chi connectivity index (χ2v) is 5.80. The summed E-state index contributed by atoms with van der Waals surface area (Å²) in [5, 5.41) is 2.82. The molecule has 0 saturated heterocycles. The van der Waals surface area contributed by atoms with Crippen LogP contribution in [0.15, 0.2) is 72.8 Å². The molecule has 0 radical (unpaired) electrons.